The lowest BCUT2D eigenvalue weighted by Gasteiger charge is -2.41. The van der Waals surface area contributed by atoms with Crippen LogP contribution in [-0.4, -0.2) is 18.1 Å². The van der Waals surface area contributed by atoms with E-state index in [2.05, 4.69) is 46.8 Å². The van der Waals surface area contributed by atoms with E-state index >= 15 is 0 Å². The van der Waals surface area contributed by atoms with Crippen molar-refractivity contribution in [3.8, 4) is 0 Å². The number of hydrogen-bond acceptors (Lipinski definition) is 2. The molecule has 0 saturated carbocycles. The van der Waals surface area contributed by atoms with Gasteiger partial charge in [0.15, 0.2) is 0 Å². The molecule has 2 saturated heterocycles. The molecule has 3 heteroatoms. The largest absolute Gasteiger partial charge is 0.365 e. The van der Waals surface area contributed by atoms with E-state index in [-0.39, 0.29) is 0 Å². The van der Waals surface area contributed by atoms with Crippen LogP contribution in [0.4, 0.5) is 5.69 Å². The quantitative estimate of drug-likeness (QED) is 0.860. The minimum Gasteiger partial charge on any atom is -0.365 e. The molecule has 2 fully saturated rings. The highest BCUT2D eigenvalue weighted by atomic mass is 79.9. The molecule has 0 radical (unpaired) electrons. The zero-order chi connectivity index (χ0) is 12.9. The van der Waals surface area contributed by atoms with Crippen molar-refractivity contribution in [3.05, 3.63) is 27.7 Å². The Kier molecular flexibility index (Phi) is 3.15. The van der Waals surface area contributed by atoms with Crippen LogP contribution in [0.1, 0.15) is 36.8 Å². The van der Waals surface area contributed by atoms with Gasteiger partial charge in [0.05, 0.1) is 0 Å². The number of nitrogens with zero attached hydrogens (tertiary/aromatic N) is 1. The van der Waals surface area contributed by atoms with Gasteiger partial charge in [-0.15, -0.1) is 0 Å². The predicted molar refractivity (Wildman–Crippen MR) is 80.1 cm³/mol. The molecule has 1 aromatic rings. The average molecular weight is 309 g/mol. The molecule has 2 aliphatic rings. The van der Waals surface area contributed by atoms with E-state index in [0.29, 0.717) is 18.1 Å². The molecule has 2 bridgehead atoms. The molecule has 2 N–H and O–H groups in total. The van der Waals surface area contributed by atoms with E-state index in [1.807, 2.05) is 0 Å². The molecule has 0 aliphatic carbocycles. The third-order valence-corrected chi connectivity index (χ3v) is 4.94. The van der Waals surface area contributed by atoms with E-state index < -0.39 is 0 Å². The summed E-state index contributed by atoms with van der Waals surface area (Å²) in [6, 6.07) is 6.21. The van der Waals surface area contributed by atoms with Crippen molar-refractivity contribution < 1.29 is 0 Å². The molecule has 1 aromatic carbocycles. The normalized spacial score (nSPS) is 30.9. The lowest BCUT2D eigenvalue weighted by molar-refractivity contribution is 0.413. The molecule has 0 spiro atoms. The van der Waals surface area contributed by atoms with Crippen molar-refractivity contribution in [1.82, 2.24) is 0 Å². The molecule has 2 unspecified atom stereocenters. The summed E-state index contributed by atoms with van der Waals surface area (Å²) in [5, 5.41) is 0. The van der Waals surface area contributed by atoms with Gasteiger partial charge in [-0.05, 0) is 62.8 Å². The Morgan fingerprint density at radius 2 is 1.61 bits per heavy atom. The standard InChI is InChI=1S/C15H21BrN2/c1-9-5-11(16)6-10(2)15(9)18-13-3-4-14(18)8-12(17)7-13/h5-6,12-14H,3-4,7-8,17H2,1-2H3. The smallest absolute Gasteiger partial charge is 0.0431 e. The monoisotopic (exact) mass is 308 g/mol. The predicted octanol–water partition coefficient (Wildman–Crippen LogP) is 3.52. The van der Waals surface area contributed by atoms with Crippen molar-refractivity contribution in [2.24, 2.45) is 5.73 Å². The first-order valence-electron chi connectivity index (χ1n) is 6.87. The minimum absolute atomic E-state index is 0.412. The number of rotatable bonds is 1. The van der Waals surface area contributed by atoms with Crippen LogP contribution in [0.3, 0.4) is 0 Å². The molecule has 2 atom stereocenters. The fourth-order valence-electron chi connectivity index (χ4n) is 3.89. The van der Waals surface area contributed by atoms with Gasteiger partial charge >= 0.3 is 0 Å². The summed E-state index contributed by atoms with van der Waals surface area (Å²) >= 11 is 3.59. The number of anilines is 1. The molecule has 98 valence electrons. The number of hydrogen-bond donors (Lipinski definition) is 1. The summed E-state index contributed by atoms with van der Waals surface area (Å²) in [5.74, 6) is 0. The fraction of sp³-hybridized carbons (Fsp3) is 0.600. The van der Waals surface area contributed by atoms with Crippen molar-refractivity contribution in [3.63, 3.8) is 0 Å². The molecule has 0 amide bonds. The van der Waals surface area contributed by atoms with Crippen LogP contribution in [-0.2, 0) is 0 Å². The number of benzene rings is 1. The summed E-state index contributed by atoms with van der Waals surface area (Å²) in [5.41, 5.74) is 10.4. The molecule has 2 heterocycles. The molecule has 2 aliphatic heterocycles. The first-order chi connectivity index (χ1) is 8.56. The van der Waals surface area contributed by atoms with Gasteiger partial charge in [0, 0.05) is 28.3 Å². The Bertz CT molecular complexity index is 435. The van der Waals surface area contributed by atoms with Gasteiger partial charge in [-0.25, -0.2) is 0 Å². The van der Waals surface area contributed by atoms with Crippen LogP contribution < -0.4 is 10.6 Å². The highest BCUT2D eigenvalue weighted by Gasteiger charge is 2.40. The molecular formula is C15H21BrN2. The Balaban J connectivity index is 2.01. The van der Waals surface area contributed by atoms with E-state index in [0.717, 1.165) is 12.8 Å². The summed E-state index contributed by atoms with van der Waals surface area (Å²) in [4.78, 5) is 2.67. The molecule has 18 heavy (non-hydrogen) atoms. The summed E-state index contributed by atoms with van der Waals surface area (Å²) < 4.78 is 1.18. The number of nitrogens with two attached hydrogens (primary N) is 1. The second-order valence-electron chi connectivity index (χ2n) is 5.91. The van der Waals surface area contributed by atoms with Crippen LogP contribution in [0.5, 0.6) is 0 Å². The molecule has 0 aromatic heterocycles. The zero-order valence-corrected chi connectivity index (χ0v) is 12.7. The van der Waals surface area contributed by atoms with Gasteiger partial charge < -0.3 is 10.6 Å². The average Bonchev–Trinajstić information content (AvgIpc) is 2.53. The van der Waals surface area contributed by atoms with Crippen molar-refractivity contribution in [2.45, 2.75) is 57.7 Å². The summed E-state index contributed by atoms with van der Waals surface area (Å²) in [6.07, 6.45) is 4.94. The van der Waals surface area contributed by atoms with E-state index in [4.69, 9.17) is 5.73 Å². The van der Waals surface area contributed by atoms with Crippen LogP contribution >= 0.6 is 15.9 Å². The number of halogens is 1. The first kappa shape index (κ1) is 12.5. The third-order valence-electron chi connectivity index (χ3n) is 4.48. The second kappa shape index (κ2) is 4.53. The number of piperidine rings is 1. The molecular weight excluding hydrogens is 288 g/mol. The first-order valence-corrected chi connectivity index (χ1v) is 7.66. The second-order valence-corrected chi connectivity index (χ2v) is 6.83. The number of aryl methyl sites for hydroxylation is 2. The maximum atomic E-state index is 6.16. The molecule has 3 rings (SSSR count). The van der Waals surface area contributed by atoms with E-state index in [9.17, 15) is 0 Å². The van der Waals surface area contributed by atoms with Gasteiger partial charge in [-0.2, -0.15) is 0 Å². The topological polar surface area (TPSA) is 29.3 Å². The van der Waals surface area contributed by atoms with E-state index in [1.165, 1.54) is 34.1 Å². The summed E-state index contributed by atoms with van der Waals surface area (Å²) in [6.45, 7) is 4.45. The lowest BCUT2D eigenvalue weighted by Crippen LogP contribution is -2.48. The Hall–Kier alpha value is -0.540. The SMILES string of the molecule is Cc1cc(Br)cc(C)c1N1C2CCC1CC(N)C2. The molecule has 2 nitrogen and oxygen atoms in total. The maximum absolute atomic E-state index is 6.16. The van der Waals surface area contributed by atoms with Gasteiger partial charge in [0.1, 0.15) is 0 Å². The van der Waals surface area contributed by atoms with Crippen LogP contribution in [0.25, 0.3) is 0 Å². The van der Waals surface area contributed by atoms with Crippen molar-refractivity contribution in [1.29, 1.82) is 0 Å². The Labute approximate surface area is 118 Å². The van der Waals surface area contributed by atoms with Crippen LogP contribution in [0.15, 0.2) is 16.6 Å². The van der Waals surface area contributed by atoms with Crippen molar-refractivity contribution in [2.75, 3.05) is 4.90 Å². The van der Waals surface area contributed by atoms with Gasteiger partial charge in [0.2, 0.25) is 0 Å². The van der Waals surface area contributed by atoms with Gasteiger partial charge in [0.25, 0.3) is 0 Å². The highest BCUT2D eigenvalue weighted by Crippen LogP contribution is 2.42. The summed E-state index contributed by atoms with van der Waals surface area (Å²) in [7, 11) is 0. The minimum atomic E-state index is 0.412. The van der Waals surface area contributed by atoms with Gasteiger partial charge in [-0.3, -0.25) is 0 Å². The number of fused-ring (bicyclic) bond motifs is 2. The highest BCUT2D eigenvalue weighted by molar-refractivity contribution is 9.10. The zero-order valence-electron chi connectivity index (χ0n) is 11.1. The fourth-order valence-corrected chi connectivity index (χ4v) is 4.58. The Morgan fingerprint density at radius 3 is 2.11 bits per heavy atom. The van der Waals surface area contributed by atoms with Crippen LogP contribution in [0.2, 0.25) is 0 Å². The van der Waals surface area contributed by atoms with Crippen LogP contribution in [0, 0.1) is 13.8 Å². The third kappa shape index (κ3) is 1.97. The lowest BCUT2D eigenvalue weighted by atomic mass is 9.95. The van der Waals surface area contributed by atoms with Gasteiger partial charge in [-0.1, -0.05) is 15.9 Å². The van der Waals surface area contributed by atoms with Crippen molar-refractivity contribution >= 4 is 21.6 Å². The maximum Gasteiger partial charge on any atom is 0.0431 e. The van der Waals surface area contributed by atoms with E-state index in [1.54, 1.807) is 0 Å². The Morgan fingerprint density at radius 1 is 1.11 bits per heavy atom.